The highest BCUT2D eigenvalue weighted by atomic mass is 19.4. The molecule has 3 nitrogen and oxygen atoms in total. The molecule has 0 aliphatic heterocycles. The smallest absolute Gasteiger partial charge is 0.345 e. The Labute approximate surface area is 185 Å². The third-order valence-electron chi connectivity index (χ3n) is 5.76. The largest absolute Gasteiger partial charge is 0.463 e. The van der Waals surface area contributed by atoms with Crippen LogP contribution in [0, 0.1) is 0 Å². The number of rotatable bonds is 19. The zero-order valence-corrected chi connectivity index (χ0v) is 19.8. The molecule has 0 atom stereocenters. The van der Waals surface area contributed by atoms with E-state index in [1.54, 1.807) is 5.32 Å². The van der Waals surface area contributed by atoms with Crippen LogP contribution in [0.25, 0.3) is 0 Å². The van der Waals surface area contributed by atoms with Crippen LogP contribution in [0.2, 0.25) is 0 Å². The summed E-state index contributed by atoms with van der Waals surface area (Å²) in [5.74, 6) is -7.63. The number of hydrogen-bond donors (Lipinski definition) is 1. The molecule has 8 heteroatoms. The number of nitrogens with zero attached hydrogens (tertiary/aromatic N) is 1. The van der Waals surface area contributed by atoms with Gasteiger partial charge in [-0.2, -0.15) is 22.0 Å². The van der Waals surface area contributed by atoms with Crippen molar-refractivity contribution >= 4 is 5.91 Å². The van der Waals surface area contributed by atoms with Crippen molar-refractivity contribution in [2.75, 3.05) is 33.7 Å². The zero-order valence-electron chi connectivity index (χ0n) is 19.8. The van der Waals surface area contributed by atoms with Crippen molar-refractivity contribution in [3.8, 4) is 0 Å². The number of likely N-dealkylation sites (N-methyl/N-ethyl adjacent to an activating group) is 1. The summed E-state index contributed by atoms with van der Waals surface area (Å²) in [5, 5.41) is 1.71. The molecule has 0 saturated heterocycles. The number of carbonyl (C=O) groups excluding carboxylic acids is 1. The molecule has 186 valence electrons. The van der Waals surface area contributed by atoms with Crippen LogP contribution >= 0.6 is 0 Å². The number of carbonyl (C=O) groups is 1. The van der Waals surface area contributed by atoms with Gasteiger partial charge >= 0.3 is 18.0 Å². The summed E-state index contributed by atoms with van der Waals surface area (Å²) < 4.78 is 62.7. The molecule has 31 heavy (non-hydrogen) atoms. The average Bonchev–Trinajstić information content (AvgIpc) is 2.67. The maximum Gasteiger partial charge on any atom is 0.463 e. The summed E-state index contributed by atoms with van der Waals surface area (Å²) in [6.45, 7) is 3.12. The standard InChI is InChI=1S/C23H43F5N2O/c1-4-5-6-7-8-9-10-11-12-13-14-15-16-17-19-30(2,3)20-18-29-21(31)22(24,25)23(26,27)28/h4-20H2,1-3H3/p+1. The van der Waals surface area contributed by atoms with Crippen molar-refractivity contribution in [3.63, 3.8) is 0 Å². The van der Waals surface area contributed by atoms with E-state index < -0.39 is 18.0 Å². The first-order valence-corrected chi connectivity index (χ1v) is 12.0. The van der Waals surface area contributed by atoms with Gasteiger partial charge in [0.1, 0.15) is 0 Å². The maximum absolute atomic E-state index is 12.9. The molecule has 1 amide bonds. The van der Waals surface area contributed by atoms with Crippen LogP contribution in [-0.4, -0.2) is 56.2 Å². The van der Waals surface area contributed by atoms with E-state index in [9.17, 15) is 26.7 Å². The van der Waals surface area contributed by atoms with Crippen LogP contribution in [-0.2, 0) is 4.79 Å². The second-order valence-corrected chi connectivity index (χ2v) is 9.31. The molecule has 1 N–H and O–H groups in total. The molecule has 0 unspecified atom stereocenters. The summed E-state index contributed by atoms with van der Waals surface area (Å²) in [6, 6.07) is 0. The molecule has 0 aliphatic carbocycles. The quantitative estimate of drug-likeness (QED) is 0.128. The minimum Gasteiger partial charge on any atom is -0.345 e. The molecule has 0 heterocycles. The highest BCUT2D eigenvalue weighted by Crippen LogP contribution is 2.35. The van der Waals surface area contributed by atoms with Gasteiger partial charge in [0.2, 0.25) is 0 Å². The predicted molar refractivity (Wildman–Crippen MR) is 116 cm³/mol. The molecular weight excluding hydrogens is 415 g/mol. The summed E-state index contributed by atoms with van der Waals surface area (Å²) in [6.07, 6.45) is 11.9. The molecule has 0 bridgehead atoms. The maximum atomic E-state index is 12.9. The van der Waals surface area contributed by atoms with Gasteiger partial charge in [-0.25, -0.2) is 0 Å². The van der Waals surface area contributed by atoms with E-state index in [2.05, 4.69) is 6.92 Å². The minimum atomic E-state index is -5.87. The van der Waals surface area contributed by atoms with E-state index in [1.807, 2.05) is 14.1 Å². The fourth-order valence-corrected chi connectivity index (χ4v) is 3.56. The van der Waals surface area contributed by atoms with Gasteiger partial charge in [0.15, 0.2) is 0 Å². The van der Waals surface area contributed by atoms with E-state index in [0.717, 1.165) is 25.8 Å². The van der Waals surface area contributed by atoms with Crippen LogP contribution in [0.4, 0.5) is 22.0 Å². The normalized spacial score (nSPS) is 12.9. The number of quaternary nitrogens is 1. The van der Waals surface area contributed by atoms with Crippen molar-refractivity contribution in [1.82, 2.24) is 5.32 Å². The Morgan fingerprint density at radius 2 is 1.06 bits per heavy atom. The lowest BCUT2D eigenvalue weighted by molar-refractivity contribution is -0.889. The fraction of sp³-hybridized carbons (Fsp3) is 0.957. The van der Waals surface area contributed by atoms with Gasteiger partial charge in [0, 0.05) is 0 Å². The van der Waals surface area contributed by atoms with Crippen LogP contribution in [0.15, 0.2) is 0 Å². The monoisotopic (exact) mass is 459 g/mol. The van der Waals surface area contributed by atoms with E-state index in [1.165, 1.54) is 70.6 Å². The molecule has 0 aliphatic rings. The van der Waals surface area contributed by atoms with Crippen LogP contribution in [0.5, 0.6) is 0 Å². The Morgan fingerprint density at radius 3 is 1.45 bits per heavy atom. The Hall–Kier alpha value is -0.920. The molecule has 0 saturated carbocycles. The average molecular weight is 460 g/mol. The summed E-state index contributed by atoms with van der Waals surface area (Å²) in [7, 11) is 3.77. The molecule has 0 fully saturated rings. The number of unbranched alkanes of at least 4 members (excludes halogenated alkanes) is 13. The summed E-state index contributed by atoms with van der Waals surface area (Å²) in [4.78, 5) is 11.1. The van der Waals surface area contributed by atoms with Gasteiger partial charge in [-0.1, -0.05) is 84.0 Å². The Kier molecular flexibility index (Phi) is 15.3. The van der Waals surface area contributed by atoms with Crippen LogP contribution in [0.3, 0.4) is 0 Å². The molecule has 0 aromatic carbocycles. The highest BCUT2D eigenvalue weighted by Gasteiger charge is 2.63. The lowest BCUT2D eigenvalue weighted by atomic mass is 10.0. The first-order chi connectivity index (χ1) is 14.4. The van der Waals surface area contributed by atoms with Crippen LogP contribution < -0.4 is 5.32 Å². The number of hydrogen-bond acceptors (Lipinski definition) is 1. The third-order valence-corrected chi connectivity index (χ3v) is 5.76. The van der Waals surface area contributed by atoms with E-state index in [4.69, 9.17) is 0 Å². The topological polar surface area (TPSA) is 29.1 Å². The van der Waals surface area contributed by atoms with Crippen molar-refractivity contribution in [2.45, 2.75) is 109 Å². The van der Waals surface area contributed by atoms with Crippen molar-refractivity contribution < 1.29 is 31.2 Å². The molecule has 0 aromatic rings. The molecule has 0 rings (SSSR count). The van der Waals surface area contributed by atoms with Crippen molar-refractivity contribution in [1.29, 1.82) is 0 Å². The van der Waals surface area contributed by atoms with E-state index in [-0.39, 0.29) is 6.54 Å². The first-order valence-electron chi connectivity index (χ1n) is 12.0. The van der Waals surface area contributed by atoms with Gasteiger partial charge in [-0.3, -0.25) is 4.79 Å². The van der Waals surface area contributed by atoms with Crippen LogP contribution in [0.1, 0.15) is 96.8 Å². The lowest BCUT2D eigenvalue weighted by Gasteiger charge is -2.30. The molecule has 0 spiro atoms. The number of alkyl halides is 5. The molecule has 0 radical (unpaired) electrons. The summed E-state index contributed by atoms with van der Waals surface area (Å²) in [5.41, 5.74) is 0. The van der Waals surface area contributed by atoms with Gasteiger partial charge in [0.05, 0.1) is 33.7 Å². The zero-order chi connectivity index (χ0) is 23.8. The highest BCUT2D eigenvalue weighted by molar-refractivity contribution is 5.84. The summed E-state index contributed by atoms with van der Waals surface area (Å²) >= 11 is 0. The van der Waals surface area contributed by atoms with Gasteiger partial charge in [-0.05, 0) is 12.8 Å². The van der Waals surface area contributed by atoms with Crippen molar-refractivity contribution in [3.05, 3.63) is 0 Å². The van der Waals surface area contributed by atoms with E-state index in [0.29, 0.717) is 11.0 Å². The number of halogens is 5. The third kappa shape index (κ3) is 14.7. The Bertz CT molecular complexity index is 467. The first kappa shape index (κ1) is 30.1. The number of nitrogens with one attached hydrogen (secondary N) is 1. The number of amides is 1. The minimum absolute atomic E-state index is 0.212. The fourth-order valence-electron chi connectivity index (χ4n) is 3.56. The molecule has 0 aromatic heterocycles. The van der Waals surface area contributed by atoms with Gasteiger partial charge in [0.25, 0.3) is 0 Å². The predicted octanol–water partition coefficient (Wildman–Crippen LogP) is 6.86. The van der Waals surface area contributed by atoms with Gasteiger partial charge < -0.3 is 9.80 Å². The lowest BCUT2D eigenvalue weighted by Crippen LogP contribution is -2.53. The Morgan fingerprint density at radius 1 is 0.677 bits per heavy atom. The second-order valence-electron chi connectivity index (χ2n) is 9.31. The van der Waals surface area contributed by atoms with E-state index >= 15 is 0 Å². The SMILES string of the molecule is CCCCCCCCCCCCCCCC[N+](C)(C)CCNC(=O)C(F)(F)C(F)(F)F. The van der Waals surface area contributed by atoms with Crippen molar-refractivity contribution in [2.24, 2.45) is 0 Å². The Balaban J connectivity index is 3.65. The molecular formula is C23H44F5N2O+. The van der Waals surface area contributed by atoms with Gasteiger partial charge in [-0.15, -0.1) is 0 Å². The second kappa shape index (κ2) is 15.8.